The van der Waals surface area contributed by atoms with Gasteiger partial charge in [-0.05, 0) is 62.6 Å². The van der Waals surface area contributed by atoms with Crippen molar-refractivity contribution in [3.8, 4) is 5.75 Å². The van der Waals surface area contributed by atoms with Gasteiger partial charge >= 0.3 is 0 Å². The van der Waals surface area contributed by atoms with Crippen molar-refractivity contribution in [2.45, 2.75) is 58.7 Å². The Kier molecular flexibility index (Phi) is 11.7. The molecule has 2 atom stereocenters. The van der Waals surface area contributed by atoms with E-state index in [0.717, 1.165) is 22.7 Å². The lowest BCUT2D eigenvalue weighted by atomic mass is 10.1. The molecule has 0 heterocycles. The van der Waals surface area contributed by atoms with Crippen LogP contribution in [0.25, 0.3) is 0 Å². The zero-order valence-corrected chi connectivity index (χ0v) is 25.0. The summed E-state index contributed by atoms with van der Waals surface area (Å²) in [5.41, 5.74) is 1.25. The summed E-state index contributed by atoms with van der Waals surface area (Å²) < 4.78 is 32.2. The van der Waals surface area contributed by atoms with Crippen molar-refractivity contribution in [2.75, 3.05) is 24.2 Å². The molecule has 204 valence electrons. The average molecular weight is 617 g/mol. The lowest BCUT2D eigenvalue weighted by Crippen LogP contribution is -2.49. The van der Waals surface area contributed by atoms with Gasteiger partial charge in [0.1, 0.15) is 11.8 Å². The molecule has 8 nitrogen and oxygen atoms in total. The number of halogens is 2. The highest BCUT2D eigenvalue weighted by Crippen LogP contribution is 2.30. The fourth-order valence-electron chi connectivity index (χ4n) is 3.69. The average Bonchev–Trinajstić information content (AvgIpc) is 2.83. The predicted molar refractivity (Wildman–Crippen MR) is 151 cm³/mol. The Bertz CT molecular complexity index is 1190. The number of methoxy groups -OCH3 is 1. The zero-order chi connectivity index (χ0) is 27.8. The SMILES string of the molecule is CC[C@@H](C)NC(=O)[C@H](C)N(Cc1cccc(Br)c1)C(=O)CCCN(c1ccc(OC)c(Cl)c1)S(C)(=O)=O. The Labute approximate surface area is 233 Å². The Balaban J connectivity index is 2.20. The van der Waals surface area contributed by atoms with Crippen molar-refractivity contribution in [3.05, 3.63) is 57.5 Å². The van der Waals surface area contributed by atoms with Gasteiger partial charge in [0, 0.05) is 30.0 Å². The van der Waals surface area contributed by atoms with Gasteiger partial charge in [-0.2, -0.15) is 0 Å². The molecule has 0 fully saturated rings. The standard InChI is InChI=1S/C26H35BrClN3O5S/c1-6-18(2)29-26(33)19(3)30(17-20-9-7-10-21(27)15-20)25(32)11-8-14-31(37(5,34)35)22-12-13-24(36-4)23(28)16-22/h7,9-10,12-13,15-16,18-19H,6,8,11,14,17H2,1-5H3,(H,29,33)/t18-,19+/m1/s1. The molecule has 0 saturated carbocycles. The molecule has 11 heteroatoms. The minimum Gasteiger partial charge on any atom is -0.495 e. The quantitative estimate of drug-likeness (QED) is 0.342. The first-order valence-corrected chi connectivity index (χ1v) is 15.0. The number of hydrogen-bond acceptors (Lipinski definition) is 5. The van der Waals surface area contributed by atoms with Crippen molar-refractivity contribution < 1.29 is 22.7 Å². The summed E-state index contributed by atoms with van der Waals surface area (Å²) in [5, 5.41) is 3.22. The van der Waals surface area contributed by atoms with Crippen molar-refractivity contribution in [2.24, 2.45) is 0 Å². The maximum atomic E-state index is 13.4. The summed E-state index contributed by atoms with van der Waals surface area (Å²) in [7, 11) is -2.16. The Hall–Kier alpha value is -2.30. The van der Waals surface area contributed by atoms with Gasteiger partial charge in [-0.1, -0.05) is 46.6 Å². The van der Waals surface area contributed by atoms with E-state index in [4.69, 9.17) is 16.3 Å². The number of nitrogens with one attached hydrogen (secondary N) is 1. The Morgan fingerprint density at radius 3 is 2.43 bits per heavy atom. The van der Waals surface area contributed by atoms with Gasteiger partial charge in [-0.15, -0.1) is 0 Å². The number of nitrogens with zero attached hydrogens (tertiary/aromatic N) is 2. The normalized spacial score (nSPS) is 12.9. The fraction of sp³-hybridized carbons (Fsp3) is 0.462. The molecule has 0 spiro atoms. The van der Waals surface area contributed by atoms with Crippen LogP contribution < -0.4 is 14.4 Å². The molecule has 2 rings (SSSR count). The molecule has 0 aliphatic rings. The molecule has 37 heavy (non-hydrogen) atoms. The summed E-state index contributed by atoms with van der Waals surface area (Å²) in [6.45, 7) is 5.91. The van der Waals surface area contributed by atoms with Crippen LogP contribution in [0.2, 0.25) is 5.02 Å². The molecule has 0 saturated heterocycles. The van der Waals surface area contributed by atoms with Crippen LogP contribution in [0.3, 0.4) is 0 Å². The summed E-state index contributed by atoms with van der Waals surface area (Å²) in [5.74, 6) is -0.0433. The molecular weight excluding hydrogens is 582 g/mol. The monoisotopic (exact) mass is 615 g/mol. The predicted octanol–water partition coefficient (Wildman–Crippen LogP) is 4.99. The minimum atomic E-state index is -3.63. The lowest BCUT2D eigenvalue weighted by Gasteiger charge is -2.30. The van der Waals surface area contributed by atoms with Crippen LogP contribution in [0.15, 0.2) is 46.9 Å². The Morgan fingerprint density at radius 2 is 1.86 bits per heavy atom. The second kappa shape index (κ2) is 14.0. The van der Waals surface area contributed by atoms with Crippen molar-refractivity contribution in [1.82, 2.24) is 10.2 Å². The van der Waals surface area contributed by atoms with Gasteiger partial charge in [-0.3, -0.25) is 13.9 Å². The van der Waals surface area contributed by atoms with Crippen LogP contribution in [0, 0.1) is 0 Å². The van der Waals surface area contributed by atoms with Gasteiger partial charge in [0.2, 0.25) is 21.8 Å². The smallest absolute Gasteiger partial charge is 0.242 e. The van der Waals surface area contributed by atoms with E-state index in [-0.39, 0.29) is 48.8 Å². The van der Waals surface area contributed by atoms with Crippen LogP contribution in [-0.4, -0.2) is 57.1 Å². The number of carbonyl (C=O) groups excluding carboxylic acids is 2. The van der Waals surface area contributed by atoms with Gasteiger partial charge in [0.25, 0.3) is 0 Å². The topological polar surface area (TPSA) is 96.0 Å². The van der Waals surface area contributed by atoms with Crippen molar-refractivity contribution in [1.29, 1.82) is 0 Å². The number of sulfonamides is 1. The molecule has 2 aromatic rings. The van der Waals surface area contributed by atoms with E-state index >= 15 is 0 Å². The van der Waals surface area contributed by atoms with E-state index in [2.05, 4.69) is 21.2 Å². The van der Waals surface area contributed by atoms with Crippen molar-refractivity contribution in [3.63, 3.8) is 0 Å². The minimum absolute atomic E-state index is 0.0163. The van der Waals surface area contributed by atoms with Crippen LogP contribution in [0.4, 0.5) is 5.69 Å². The highest BCUT2D eigenvalue weighted by molar-refractivity contribution is 9.10. The molecule has 0 aromatic heterocycles. The molecule has 0 aliphatic carbocycles. The van der Waals surface area contributed by atoms with Crippen molar-refractivity contribution >= 4 is 55.1 Å². The Morgan fingerprint density at radius 1 is 1.16 bits per heavy atom. The van der Waals surface area contributed by atoms with E-state index in [9.17, 15) is 18.0 Å². The molecule has 1 N–H and O–H groups in total. The third kappa shape index (κ3) is 9.19. The van der Waals surface area contributed by atoms with Crippen LogP contribution in [-0.2, 0) is 26.2 Å². The van der Waals surface area contributed by atoms with E-state index in [1.54, 1.807) is 19.1 Å². The first-order chi connectivity index (χ1) is 17.4. The number of rotatable bonds is 13. The molecule has 0 radical (unpaired) electrons. The van der Waals surface area contributed by atoms with Gasteiger partial charge < -0.3 is 15.0 Å². The summed E-state index contributed by atoms with van der Waals surface area (Å²) >= 11 is 9.65. The van der Waals surface area contributed by atoms with E-state index in [1.165, 1.54) is 22.4 Å². The second-order valence-corrected chi connectivity index (χ2v) is 12.1. The first-order valence-electron chi connectivity index (χ1n) is 12.0. The van der Waals surface area contributed by atoms with E-state index in [0.29, 0.717) is 11.4 Å². The van der Waals surface area contributed by atoms with Gasteiger partial charge in [0.05, 0.1) is 24.1 Å². The number of benzene rings is 2. The maximum absolute atomic E-state index is 13.4. The number of amides is 2. The molecule has 2 aromatic carbocycles. The zero-order valence-electron chi connectivity index (χ0n) is 21.8. The summed E-state index contributed by atoms with van der Waals surface area (Å²) in [6, 6.07) is 11.6. The summed E-state index contributed by atoms with van der Waals surface area (Å²) in [6.07, 6.45) is 2.19. The highest BCUT2D eigenvalue weighted by Gasteiger charge is 2.27. The number of carbonyl (C=O) groups is 2. The maximum Gasteiger partial charge on any atom is 0.242 e. The number of hydrogen-bond donors (Lipinski definition) is 1. The van der Waals surface area contributed by atoms with Crippen LogP contribution in [0.5, 0.6) is 5.75 Å². The molecule has 0 aliphatic heterocycles. The van der Waals surface area contributed by atoms with Crippen LogP contribution >= 0.6 is 27.5 Å². The molecule has 2 amide bonds. The van der Waals surface area contributed by atoms with E-state index < -0.39 is 16.1 Å². The van der Waals surface area contributed by atoms with Gasteiger partial charge in [-0.25, -0.2) is 8.42 Å². The number of ether oxygens (including phenoxy) is 1. The largest absolute Gasteiger partial charge is 0.495 e. The molecule has 0 bridgehead atoms. The third-order valence-corrected chi connectivity index (χ3v) is 7.97. The van der Waals surface area contributed by atoms with Crippen LogP contribution in [0.1, 0.15) is 45.6 Å². The van der Waals surface area contributed by atoms with E-state index in [1.807, 2.05) is 38.1 Å². The first kappa shape index (κ1) is 30.9. The lowest BCUT2D eigenvalue weighted by molar-refractivity contribution is -0.140. The second-order valence-electron chi connectivity index (χ2n) is 8.90. The summed E-state index contributed by atoms with van der Waals surface area (Å²) in [4.78, 5) is 27.8. The molecular formula is C26H35BrClN3O5S. The van der Waals surface area contributed by atoms with Gasteiger partial charge in [0.15, 0.2) is 0 Å². The highest BCUT2D eigenvalue weighted by atomic mass is 79.9. The fourth-order valence-corrected chi connectivity index (χ4v) is 5.35. The molecule has 0 unspecified atom stereocenters. The number of anilines is 1. The third-order valence-electron chi connectivity index (χ3n) is 5.99.